The van der Waals surface area contributed by atoms with E-state index in [4.69, 9.17) is 9.16 Å². The maximum Gasteiger partial charge on any atom is 0.410 e. The second-order valence-electron chi connectivity index (χ2n) is 10.9. The Kier molecular flexibility index (Phi) is 7.54. The fraction of sp³-hybridized carbons (Fsp3) is 0.464. The average Bonchev–Trinajstić information content (AvgIpc) is 3.14. The van der Waals surface area contributed by atoms with Crippen LogP contribution in [0.15, 0.2) is 73.3 Å². The quantitative estimate of drug-likeness (QED) is 0.417. The van der Waals surface area contributed by atoms with Crippen LogP contribution in [-0.4, -0.2) is 43.6 Å². The van der Waals surface area contributed by atoms with Gasteiger partial charge in [0.15, 0.2) is 0 Å². The second kappa shape index (κ2) is 9.86. The molecule has 0 radical (unpaired) electrons. The van der Waals surface area contributed by atoms with Crippen molar-refractivity contribution in [1.29, 1.82) is 0 Å². The van der Waals surface area contributed by atoms with Crippen molar-refractivity contribution in [2.45, 2.75) is 77.2 Å². The normalized spacial score (nSPS) is 19.4. The molecule has 0 aromatic heterocycles. The summed E-state index contributed by atoms with van der Waals surface area (Å²) in [6.45, 7) is 17.0. The summed E-state index contributed by atoms with van der Waals surface area (Å²) in [6.07, 6.45) is 3.03. The van der Waals surface area contributed by atoms with Crippen molar-refractivity contribution in [3.8, 4) is 0 Å². The van der Waals surface area contributed by atoms with E-state index < -0.39 is 13.9 Å². The molecule has 178 valence electrons. The molecule has 1 aliphatic heterocycles. The molecule has 0 bridgehead atoms. The van der Waals surface area contributed by atoms with Gasteiger partial charge in [-0.05, 0) is 49.0 Å². The molecule has 33 heavy (non-hydrogen) atoms. The van der Waals surface area contributed by atoms with Crippen LogP contribution in [0.5, 0.6) is 0 Å². The van der Waals surface area contributed by atoms with Crippen LogP contribution in [-0.2, 0) is 9.16 Å². The van der Waals surface area contributed by atoms with Crippen LogP contribution < -0.4 is 10.4 Å². The molecule has 2 aromatic rings. The van der Waals surface area contributed by atoms with E-state index in [2.05, 4.69) is 88.0 Å². The Bertz CT molecular complexity index is 892. The summed E-state index contributed by atoms with van der Waals surface area (Å²) in [4.78, 5) is 14.9. The van der Waals surface area contributed by atoms with Gasteiger partial charge in [0.25, 0.3) is 8.32 Å². The molecule has 0 unspecified atom stereocenters. The maximum atomic E-state index is 13.0. The van der Waals surface area contributed by atoms with Crippen LogP contribution in [0.4, 0.5) is 4.79 Å². The fourth-order valence-electron chi connectivity index (χ4n) is 4.86. The zero-order valence-corrected chi connectivity index (χ0v) is 22.0. The van der Waals surface area contributed by atoms with Crippen molar-refractivity contribution in [1.82, 2.24) is 4.90 Å². The van der Waals surface area contributed by atoms with Gasteiger partial charge in [-0.25, -0.2) is 4.79 Å². The summed E-state index contributed by atoms with van der Waals surface area (Å²) in [5.74, 6) is 0. The van der Waals surface area contributed by atoms with Crippen molar-refractivity contribution in [3.05, 3.63) is 73.3 Å². The van der Waals surface area contributed by atoms with Gasteiger partial charge in [0.05, 0.1) is 6.10 Å². The number of carbonyl (C=O) groups is 1. The number of nitrogens with zero attached hydrogens (tertiary/aromatic N) is 1. The van der Waals surface area contributed by atoms with E-state index >= 15 is 0 Å². The van der Waals surface area contributed by atoms with Gasteiger partial charge in [0.1, 0.15) is 5.60 Å². The molecule has 0 aliphatic carbocycles. The molecular formula is C28H39NO3Si. The first kappa shape index (κ1) is 25.3. The lowest BCUT2D eigenvalue weighted by molar-refractivity contribution is 0.0213. The van der Waals surface area contributed by atoms with Gasteiger partial charge in [-0.15, -0.1) is 6.58 Å². The van der Waals surface area contributed by atoms with Crippen LogP contribution >= 0.6 is 0 Å². The van der Waals surface area contributed by atoms with Crippen LogP contribution in [0, 0.1) is 0 Å². The molecule has 1 saturated heterocycles. The number of amides is 1. The lowest BCUT2D eigenvalue weighted by Crippen LogP contribution is -2.67. The zero-order valence-electron chi connectivity index (χ0n) is 21.0. The molecule has 1 heterocycles. The summed E-state index contributed by atoms with van der Waals surface area (Å²) in [6, 6.07) is 21.3. The Labute approximate surface area is 200 Å². The summed E-state index contributed by atoms with van der Waals surface area (Å²) in [5.41, 5.74) is -0.535. The lowest BCUT2D eigenvalue weighted by Gasteiger charge is -2.44. The third-order valence-corrected chi connectivity index (χ3v) is 11.3. The Morgan fingerprint density at radius 2 is 1.52 bits per heavy atom. The second-order valence-corrected chi connectivity index (χ2v) is 15.2. The summed E-state index contributed by atoms with van der Waals surface area (Å²) in [5, 5.41) is 2.39. The van der Waals surface area contributed by atoms with Gasteiger partial charge < -0.3 is 14.1 Å². The summed E-state index contributed by atoms with van der Waals surface area (Å²) in [7, 11) is -2.68. The van der Waals surface area contributed by atoms with Gasteiger partial charge in [-0.1, -0.05) is 87.5 Å². The van der Waals surface area contributed by atoms with Gasteiger partial charge in [0, 0.05) is 12.6 Å². The van der Waals surface area contributed by atoms with E-state index in [0.717, 1.165) is 12.8 Å². The van der Waals surface area contributed by atoms with Gasteiger partial charge >= 0.3 is 6.09 Å². The van der Waals surface area contributed by atoms with E-state index in [0.29, 0.717) is 6.54 Å². The molecule has 5 heteroatoms. The van der Waals surface area contributed by atoms with Gasteiger partial charge in [-0.3, -0.25) is 0 Å². The molecule has 1 fully saturated rings. The number of likely N-dealkylation sites (tertiary alicyclic amines) is 1. The molecule has 0 spiro atoms. The molecule has 0 saturated carbocycles. The highest BCUT2D eigenvalue weighted by molar-refractivity contribution is 6.99. The molecule has 0 N–H and O–H groups in total. The van der Waals surface area contributed by atoms with E-state index in [-0.39, 0.29) is 23.3 Å². The molecule has 2 aromatic carbocycles. The van der Waals surface area contributed by atoms with Crippen molar-refractivity contribution in [2.75, 3.05) is 6.54 Å². The Morgan fingerprint density at radius 1 is 1.00 bits per heavy atom. The molecule has 4 nitrogen and oxygen atoms in total. The highest BCUT2D eigenvalue weighted by atomic mass is 28.4. The van der Waals surface area contributed by atoms with E-state index in [1.807, 2.05) is 31.7 Å². The van der Waals surface area contributed by atoms with E-state index in [1.54, 1.807) is 0 Å². The number of ether oxygens (including phenoxy) is 1. The summed E-state index contributed by atoms with van der Waals surface area (Å²) < 4.78 is 13.0. The van der Waals surface area contributed by atoms with Crippen molar-refractivity contribution < 1.29 is 14.0 Å². The average molecular weight is 466 g/mol. The molecule has 1 aliphatic rings. The minimum atomic E-state index is -2.68. The van der Waals surface area contributed by atoms with Crippen LogP contribution in [0.1, 0.15) is 54.4 Å². The van der Waals surface area contributed by atoms with Crippen LogP contribution in [0.3, 0.4) is 0 Å². The predicted octanol–water partition coefficient (Wildman–Crippen LogP) is 5.52. The third kappa shape index (κ3) is 5.59. The third-order valence-electron chi connectivity index (χ3n) is 6.20. The highest BCUT2D eigenvalue weighted by Crippen LogP contribution is 2.39. The first-order chi connectivity index (χ1) is 15.5. The van der Waals surface area contributed by atoms with Crippen molar-refractivity contribution in [3.63, 3.8) is 0 Å². The van der Waals surface area contributed by atoms with Gasteiger partial charge in [-0.2, -0.15) is 0 Å². The summed E-state index contributed by atoms with van der Waals surface area (Å²) >= 11 is 0. The molecule has 2 atom stereocenters. The number of benzene rings is 2. The fourth-order valence-corrected chi connectivity index (χ4v) is 9.55. The minimum absolute atomic E-state index is 0.0283. The van der Waals surface area contributed by atoms with Crippen LogP contribution in [0.2, 0.25) is 5.04 Å². The Balaban J connectivity index is 2.01. The largest absolute Gasteiger partial charge is 0.444 e. The van der Waals surface area contributed by atoms with Crippen molar-refractivity contribution >= 4 is 24.8 Å². The Hall–Kier alpha value is -2.37. The first-order valence-corrected chi connectivity index (χ1v) is 13.8. The first-order valence-electron chi connectivity index (χ1n) is 11.9. The number of rotatable bonds is 6. The highest BCUT2D eigenvalue weighted by Gasteiger charge is 2.53. The molecular weight excluding hydrogens is 426 g/mol. The number of carbonyl (C=O) groups excluding carboxylic acids is 1. The van der Waals surface area contributed by atoms with E-state index in [1.165, 1.54) is 10.4 Å². The monoisotopic (exact) mass is 465 g/mol. The van der Waals surface area contributed by atoms with Crippen molar-refractivity contribution in [2.24, 2.45) is 0 Å². The van der Waals surface area contributed by atoms with E-state index in [9.17, 15) is 4.79 Å². The predicted molar refractivity (Wildman–Crippen MR) is 139 cm³/mol. The number of hydrogen-bond donors (Lipinski definition) is 0. The standard InChI is InChI=1S/C28H39NO3Si/c1-8-15-22-20-23(21-29(22)26(30)31-27(2,3)4)32-33(28(5,6)7,24-16-11-9-12-17-24)25-18-13-10-14-19-25/h8-14,16-19,22-23H,1,15,20-21H2,2-7H3/t22-,23+/m0/s1. The number of hydrogen-bond acceptors (Lipinski definition) is 3. The van der Waals surface area contributed by atoms with Crippen LogP contribution in [0.25, 0.3) is 0 Å². The topological polar surface area (TPSA) is 38.8 Å². The Morgan fingerprint density at radius 3 is 1.94 bits per heavy atom. The maximum absolute atomic E-state index is 13.0. The lowest BCUT2D eigenvalue weighted by atomic mass is 10.1. The smallest absolute Gasteiger partial charge is 0.410 e. The minimum Gasteiger partial charge on any atom is -0.444 e. The zero-order chi connectivity index (χ0) is 24.3. The van der Waals surface area contributed by atoms with Gasteiger partial charge in [0.2, 0.25) is 0 Å². The molecule has 1 amide bonds. The molecule has 3 rings (SSSR count). The SMILES string of the molecule is C=CC[C@H]1C[C@@H](O[Si](c2ccccc2)(c2ccccc2)C(C)(C)C)CN1C(=O)OC(C)(C)C.